The number of carbonyl (C=O) groups is 1. The van der Waals surface area contributed by atoms with Gasteiger partial charge < -0.3 is 10.1 Å². The van der Waals surface area contributed by atoms with E-state index >= 15 is 0 Å². The quantitative estimate of drug-likeness (QED) is 0.578. The fourth-order valence-corrected chi connectivity index (χ4v) is 4.18. The molecule has 1 saturated heterocycles. The van der Waals surface area contributed by atoms with Crippen LogP contribution >= 0.6 is 0 Å². The van der Waals surface area contributed by atoms with Crippen LogP contribution in [0.4, 0.5) is 8.78 Å². The highest BCUT2D eigenvalue weighted by atomic mass is 32.2. The molecule has 0 spiro atoms. The Morgan fingerprint density at radius 3 is 2.27 bits per heavy atom. The Morgan fingerprint density at radius 2 is 1.65 bits per heavy atom. The molecule has 0 aliphatic carbocycles. The van der Waals surface area contributed by atoms with E-state index in [9.17, 15) is 27.2 Å². The Bertz CT molecular complexity index is 927. The SMILES string of the molecule is O=C(c1cc[n+]([O-])cc1)N1CCN(S(=O)(=O)c2cc(F)ccc2F)CC1. The van der Waals surface area contributed by atoms with Crippen molar-refractivity contribution < 1.29 is 26.7 Å². The number of pyridine rings is 1. The lowest BCUT2D eigenvalue weighted by molar-refractivity contribution is -0.605. The average molecular weight is 383 g/mol. The van der Waals surface area contributed by atoms with E-state index in [1.807, 2.05) is 0 Å². The van der Waals surface area contributed by atoms with Crippen molar-refractivity contribution in [3.05, 3.63) is 65.1 Å². The number of hydrogen-bond acceptors (Lipinski definition) is 4. The van der Waals surface area contributed by atoms with Crippen molar-refractivity contribution in [2.75, 3.05) is 26.2 Å². The van der Waals surface area contributed by atoms with E-state index in [1.165, 1.54) is 29.4 Å². The Morgan fingerprint density at radius 1 is 1.04 bits per heavy atom. The minimum Gasteiger partial charge on any atom is -0.619 e. The molecular formula is C16H15F2N3O4S. The minimum absolute atomic E-state index is 0.0432. The zero-order valence-electron chi connectivity index (χ0n) is 13.5. The topological polar surface area (TPSA) is 84.6 Å². The molecule has 2 heterocycles. The van der Waals surface area contributed by atoms with Crippen LogP contribution in [0.1, 0.15) is 10.4 Å². The van der Waals surface area contributed by atoms with Crippen LogP contribution < -0.4 is 4.73 Å². The first-order valence-electron chi connectivity index (χ1n) is 7.72. The number of sulfonamides is 1. The molecule has 1 aliphatic rings. The number of halogens is 2. The largest absolute Gasteiger partial charge is 0.619 e. The number of amides is 1. The first kappa shape index (κ1) is 18.2. The smallest absolute Gasteiger partial charge is 0.254 e. The molecule has 1 aromatic carbocycles. The molecule has 1 aromatic heterocycles. The fraction of sp³-hybridized carbons (Fsp3) is 0.250. The number of rotatable bonds is 3. The molecule has 10 heteroatoms. The molecule has 2 aromatic rings. The Kier molecular flexibility index (Phi) is 4.88. The maximum Gasteiger partial charge on any atom is 0.254 e. The van der Waals surface area contributed by atoms with Crippen molar-refractivity contribution in [2.24, 2.45) is 0 Å². The van der Waals surface area contributed by atoms with Crippen molar-refractivity contribution in [1.82, 2.24) is 9.21 Å². The second-order valence-electron chi connectivity index (χ2n) is 5.72. The van der Waals surface area contributed by atoms with Crippen LogP contribution in [0, 0.1) is 16.8 Å². The van der Waals surface area contributed by atoms with Gasteiger partial charge in [0.25, 0.3) is 5.91 Å². The van der Waals surface area contributed by atoms with Gasteiger partial charge in [-0.05, 0) is 18.2 Å². The highest BCUT2D eigenvalue weighted by Gasteiger charge is 2.32. The normalized spacial score (nSPS) is 15.8. The Hall–Kier alpha value is -2.59. The maximum atomic E-state index is 13.8. The lowest BCUT2D eigenvalue weighted by Gasteiger charge is -2.34. The molecular weight excluding hydrogens is 368 g/mol. The molecule has 1 fully saturated rings. The predicted octanol–water partition coefficient (Wildman–Crippen LogP) is 0.745. The average Bonchev–Trinajstić information content (AvgIpc) is 2.64. The summed E-state index contributed by atoms with van der Waals surface area (Å²) in [4.78, 5) is 13.1. The minimum atomic E-state index is -4.20. The van der Waals surface area contributed by atoms with Crippen molar-refractivity contribution >= 4 is 15.9 Å². The summed E-state index contributed by atoms with van der Waals surface area (Å²) in [7, 11) is -4.20. The van der Waals surface area contributed by atoms with Crippen LogP contribution in [-0.4, -0.2) is 49.7 Å². The first-order valence-corrected chi connectivity index (χ1v) is 9.16. The molecule has 1 amide bonds. The molecule has 0 N–H and O–H groups in total. The lowest BCUT2D eigenvalue weighted by atomic mass is 10.2. The van der Waals surface area contributed by atoms with Crippen molar-refractivity contribution in [2.45, 2.75) is 4.90 Å². The molecule has 0 saturated carbocycles. The summed E-state index contributed by atoms with van der Waals surface area (Å²) in [6.45, 7) is 0.110. The molecule has 138 valence electrons. The third kappa shape index (κ3) is 3.51. The standard InChI is InChI=1S/C16H15F2N3O4S/c17-13-1-2-14(18)15(11-13)26(24,25)21-9-7-19(8-10-21)16(22)12-3-5-20(23)6-4-12/h1-6,11H,7-10H2. The summed E-state index contributed by atoms with van der Waals surface area (Å²) < 4.78 is 53.7. The molecule has 26 heavy (non-hydrogen) atoms. The summed E-state index contributed by atoms with van der Waals surface area (Å²) in [5.41, 5.74) is 0.310. The molecule has 0 radical (unpaired) electrons. The molecule has 0 bridgehead atoms. The third-order valence-corrected chi connectivity index (χ3v) is 6.00. The van der Waals surface area contributed by atoms with E-state index in [0.717, 1.165) is 16.4 Å². The molecule has 1 aliphatic heterocycles. The van der Waals surface area contributed by atoms with Crippen molar-refractivity contribution in [3.63, 3.8) is 0 Å². The van der Waals surface area contributed by atoms with Gasteiger partial charge in [0.2, 0.25) is 10.0 Å². The van der Waals surface area contributed by atoms with Crippen LogP contribution in [0.5, 0.6) is 0 Å². The Labute approximate surface area is 148 Å². The summed E-state index contributed by atoms with van der Waals surface area (Å²) in [5, 5.41) is 11.0. The zero-order valence-corrected chi connectivity index (χ0v) is 14.3. The van der Waals surface area contributed by atoms with E-state index in [1.54, 1.807) is 0 Å². The van der Waals surface area contributed by atoms with Gasteiger partial charge in [0, 0.05) is 38.3 Å². The number of benzene rings is 1. The van der Waals surface area contributed by atoms with E-state index in [0.29, 0.717) is 16.4 Å². The van der Waals surface area contributed by atoms with Crippen LogP contribution in [0.3, 0.4) is 0 Å². The van der Waals surface area contributed by atoms with E-state index in [4.69, 9.17) is 0 Å². The van der Waals surface area contributed by atoms with Gasteiger partial charge in [-0.15, -0.1) is 0 Å². The molecule has 7 nitrogen and oxygen atoms in total. The highest BCUT2D eigenvalue weighted by molar-refractivity contribution is 7.89. The van der Waals surface area contributed by atoms with Crippen molar-refractivity contribution in [3.8, 4) is 0 Å². The molecule has 0 unspecified atom stereocenters. The van der Waals surface area contributed by atoms with Crippen LogP contribution in [0.25, 0.3) is 0 Å². The van der Waals surface area contributed by atoms with E-state index in [2.05, 4.69) is 0 Å². The number of piperazine rings is 1. The monoisotopic (exact) mass is 383 g/mol. The van der Waals surface area contributed by atoms with Gasteiger partial charge in [0.1, 0.15) is 16.5 Å². The summed E-state index contributed by atoms with van der Waals surface area (Å²) >= 11 is 0. The predicted molar refractivity (Wildman–Crippen MR) is 86.4 cm³/mol. The summed E-state index contributed by atoms with van der Waals surface area (Å²) in [6, 6.07) is 5.00. The summed E-state index contributed by atoms with van der Waals surface area (Å²) in [5.74, 6) is -2.21. The number of hydrogen-bond donors (Lipinski definition) is 0. The van der Waals surface area contributed by atoms with Crippen molar-refractivity contribution in [1.29, 1.82) is 0 Å². The van der Waals surface area contributed by atoms with Crippen LogP contribution in [0.2, 0.25) is 0 Å². The molecule has 3 rings (SSSR count). The number of carbonyl (C=O) groups excluding carboxylic acids is 1. The second kappa shape index (κ2) is 6.96. The first-order chi connectivity index (χ1) is 12.3. The number of aromatic nitrogens is 1. The summed E-state index contributed by atoms with van der Waals surface area (Å²) in [6.07, 6.45) is 2.39. The maximum absolute atomic E-state index is 13.8. The van der Waals surface area contributed by atoms with Gasteiger partial charge in [0.15, 0.2) is 12.4 Å². The molecule has 0 atom stereocenters. The number of nitrogens with zero attached hydrogens (tertiary/aromatic N) is 3. The van der Waals surface area contributed by atoms with Gasteiger partial charge in [-0.25, -0.2) is 17.2 Å². The Balaban J connectivity index is 1.72. The fourth-order valence-electron chi connectivity index (χ4n) is 2.68. The highest BCUT2D eigenvalue weighted by Crippen LogP contribution is 2.22. The van der Waals surface area contributed by atoms with E-state index < -0.39 is 26.6 Å². The third-order valence-electron chi connectivity index (χ3n) is 4.09. The second-order valence-corrected chi connectivity index (χ2v) is 7.62. The van der Waals surface area contributed by atoms with Gasteiger partial charge >= 0.3 is 0 Å². The van der Waals surface area contributed by atoms with Gasteiger partial charge in [0.05, 0.1) is 5.56 Å². The van der Waals surface area contributed by atoms with Gasteiger partial charge in [-0.2, -0.15) is 9.04 Å². The van der Waals surface area contributed by atoms with Crippen LogP contribution in [-0.2, 0) is 10.0 Å². The van der Waals surface area contributed by atoms with Gasteiger partial charge in [-0.3, -0.25) is 4.79 Å². The van der Waals surface area contributed by atoms with Crippen LogP contribution in [0.15, 0.2) is 47.6 Å². The zero-order chi connectivity index (χ0) is 18.9. The lowest BCUT2D eigenvalue weighted by Crippen LogP contribution is -2.50. The van der Waals surface area contributed by atoms with Gasteiger partial charge in [-0.1, -0.05) is 0 Å². The van der Waals surface area contributed by atoms with E-state index in [-0.39, 0.29) is 32.1 Å².